The molecule has 3 nitrogen and oxygen atoms in total. The highest BCUT2D eigenvalue weighted by Crippen LogP contribution is 2.21. The van der Waals surface area contributed by atoms with E-state index in [4.69, 9.17) is 5.26 Å². The molecular weight excluding hydrogens is 248 g/mol. The van der Waals surface area contributed by atoms with Crippen LogP contribution in [0.1, 0.15) is 21.5 Å². The number of hydrogen-bond donors (Lipinski definition) is 0. The molecule has 1 heterocycles. The molecule has 0 fully saturated rings. The third-order valence-corrected chi connectivity index (χ3v) is 3.35. The van der Waals surface area contributed by atoms with Crippen LogP contribution in [-0.4, -0.2) is 10.5 Å². The fourth-order valence-corrected chi connectivity index (χ4v) is 2.27. The van der Waals surface area contributed by atoms with Crippen LogP contribution in [0.15, 0.2) is 54.7 Å². The van der Waals surface area contributed by atoms with Crippen molar-refractivity contribution in [1.29, 1.82) is 5.26 Å². The van der Waals surface area contributed by atoms with Gasteiger partial charge < -0.3 is 0 Å². The molecule has 1 aromatic heterocycles. The molecule has 20 heavy (non-hydrogen) atoms. The van der Waals surface area contributed by atoms with Crippen molar-refractivity contribution < 1.29 is 4.79 Å². The second kappa shape index (κ2) is 4.67. The van der Waals surface area contributed by atoms with Gasteiger partial charge in [-0.15, -0.1) is 0 Å². The van der Waals surface area contributed by atoms with Crippen LogP contribution in [0.25, 0.3) is 10.9 Å². The predicted octanol–water partition coefficient (Wildman–Crippen LogP) is 3.51. The molecule has 0 aliphatic heterocycles. The van der Waals surface area contributed by atoms with Gasteiger partial charge in [0.25, 0.3) is 5.91 Å². The first kappa shape index (κ1) is 12.2. The Morgan fingerprint density at radius 2 is 1.80 bits per heavy atom. The van der Waals surface area contributed by atoms with E-state index in [1.165, 1.54) is 0 Å². The van der Waals surface area contributed by atoms with E-state index < -0.39 is 0 Å². The minimum atomic E-state index is -0.122. The lowest BCUT2D eigenvalue weighted by atomic mass is 10.1. The quantitative estimate of drug-likeness (QED) is 0.672. The Morgan fingerprint density at radius 3 is 2.50 bits per heavy atom. The molecule has 0 spiro atoms. The summed E-state index contributed by atoms with van der Waals surface area (Å²) in [7, 11) is 0. The lowest BCUT2D eigenvalue weighted by Gasteiger charge is -2.04. The van der Waals surface area contributed by atoms with E-state index in [2.05, 4.69) is 6.07 Å². The largest absolute Gasteiger partial charge is 0.282 e. The van der Waals surface area contributed by atoms with Crippen molar-refractivity contribution in [2.24, 2.45) is 0 Å². The lowest BCUT2D eigenvalue weighted by Crippen LogP contribution is -2.10. The minimum absolute atomic E-state index is 0.122. The molecule has 3 heteroatoms. The molecule has 3 aromatic rings. The smallest absolute Gasteiger partial charge is 0.262 e. The summed E-state index contributed by atoms with van der Waals surface area (Å²) in [4.78, 5) is 12.6. The third-order valence-electron chi connectivity index (χ3n) is 3.35. The van der Waals surface area contributed by atoms with Crippen LogP contribution in [0.4, 0.5) is 0 Å². The van der Waals surface area contributed by atoms with Gasteiger partial charge >= 0.3 is 0 Å². The van der Waals surface area contributed by atoms with Gasteiger partial charge in [0.1, 0.15) is 6.07 Å². The van der Waals surface area contributed by atoms with Crippen molar-refractivity contribution in [1.82, 2.24) is 4.57 Å². The van der Waals surface area contributed by atoms with Gasteiger partial charge in [0, 0.05) is 17.1 Å². The first-order chi connectivity index (χ1) is 9.70. The molecule has 2 aromatic carbocycles. The molecule has 0 saturated carbocycles. The summed E-state index contributed by atoms with van der Waals surface area (Å²) in [6.07, 6.45) is 1.60. The summed E-state index contributed by atoms with van der Waals surface area (Å²) in [6.45, 7) is 1.98. The number of nitrogens with zero attached hydrogens (tertiary/aromatic N) is 2. The number of carbonyl (C=O) groups excluding carboxylic acids is 1. The zero-order valence-electron chi connectivity index (χ0n) is 11.0. The average Bonchev–Trinajstić information content (AvgIpc) is 2.86. The minimum Gasteiger partial charge on any atom is -0.282 e. The Bertz CT molecular complexity index is 836. The highest BCUT2D eigenvalue weighted by atomic mass is 16.2. The number of para-hydroxylation sites is 1. The highest BCUT2D eigenvalue weighted by Gasteiger charge is 2.14. The fourth-order valence-electron chi connectivity index (χ4n) is 2.27. The molecule has 0 aliphatic carbocycles. The van der Waals surface area contributed by atoms with E-state index in [0.717, 1.165) is 16.5 Å². The van der Waals surface area contributed by atoms with E-state index in [1.807, 2.05) is 43.3 Å². The van der Waals surface area contributed by atoms with Gasteiger partial charge in [-0.1, -0.05) is 35.9 Å². The van der Waals surface area contributed by atoms with Gasteiger partial charge in [0.05, 0.1) is 11.1 Å². The van der Waals surface area contributed by atoms with E-state index in [1.54, 1.807) is 22.9 Å². The number of hydrogen-bond acceptors (Lipinski definition) is 2. The van der Waals surface area contributed by atoms with Crippen LogP contribution in [0, 0.1) is 18.3 Å². The van der Waals surface area contributed by atoms with Gasteiger partial charge in [-0.05, 0) is 25.1 Å². The monoisotopic (exact) mass is 260 g/mol. The van der Waals surface area contributed by atoms with Gasteiger partial charge in [-0.25, -0.2) is 0 Å². The third kappa shape index (κ3) is 1.88. The lowest BCUT2D eigenvalue weighted by molar-refractivity contribution is 0.0965. The summed E-state index contributed by atoms with van der Waals surface area (Å²) >= 11 is 0. The number of carbonyl (C=O) groups is 1. The Hall–Kier alpha value is -2.86. The van der Waals surface area contributed by atoms with Gasteiger partial charge in [0.2, 0.25) is 0 Å². The molecule has 0 bridgehead atoms. The Morgan fingerprint density at radius 1 is 1.10 bits per heavy atom. The Labute approximate surface area is 116 Å². The number of aromatic nitrogens is 1. The predicted molar refractivity (Wildman–Crippen MR) is 77.6 cm³/mol. The second-order valence-corrected chi connectivity index (χ2v) is 4.71. The Kier molecular flexibility index (Phi) is 2.85. The summed E-state index contributed by atoms with van der Waals surface area (Å²) in [6, 6.07) is 17.0. The van der Waals surface area contributed by atoms with Crippen LogP contribution in [0.2, 0.25) is 0 Å². The summed E-state index contributed by atoms with van der Waals surface area (Å²) < 4.78 is 1.54. The van der Waals surface area contributed by atoms with Crippen LogP contribution in [-0.2, 0) is 0 Å². The molecule has 0 saturated heterocycles. The molecule has 0 radical (unpaired) electrons. The fraction of sp³-hybridized carbons (Fsp3) is 0.0588. The summed E-state index contributed by atoms with van der Waals surface area (Å²) in [5.41, 5.74) is 2.99. The highest BCUT2D eigenvalue weighted by molar-refractivity contribution is 6.03. The van der Waals surface area contributed by atoms with Gasteiger partial charge in [-0.3, -0.25) is 9.36 Å². The van der Waals surface area contributed by atoms with Crippen molar-refractivity contribution in [2.75, 3.05) is 0 Å². The molecule has 0 N–H and O–H groups in total. The van der Waals surface area contributed by atoms with Gasteiger partial charge in [0.15, 0.2) is 0 Å². The molecule has 96 valence electrons. The zero-order chi connectivity index (χ0) is 14.1. The van der Waals surface area contributed by atoms with E-state index in [9.17, 15) is 4.79 Å². The maximum absolute atomic E-state index is 12.6. The first-order valence-corrected chi connectivity index (χ1v) is 6.32. The molecular formula is C17H12N2O. The van der Waals surface area contributed by atoms with Crippen molar-refractivity contribution >= 4 is 16.8 Å². The summed E-state index contributed by atoms with van der Waals surface area (Å²) in [5, 5.41) is 9.96. The maximum atomic E-state index is 12.6. The number of fused-ring (bicyclic) bond motifs is 1. The average molecular weight is 260 g/mol. The first-order valence-electron chi connectivity index (χ1n) is 6.32. The molecule has 0 amide bonds. The van der Waals surface area contributed by atoms with Crippen molar-refractivity contribution in [3.05, 3.63) is 71.4 Å². The van der Waals surface area contributed by atoms with Crippen molar-refractivity contribution in [3.63, 3.8) is 0 Å². The van der Waals surface area contributed by atoms with E-state index >= 15 is 0 Å². The zero-order valence-corrected chi connectivity index (χ0v) is 11.0. The maximum Gasteiger partial charge on any atom is 0.262 e. The molecule has 3 rings (SSSR count). The standard InChI is InChI=1S/C17H12N2O/c1-12-6-8-13(9-7-12)17(20)19-11-14(10-18)15-4-2-3-5-16(15)19/h2-9,11H,1H3. The number of nitriles is 1. The second-order valence-electron chi connectivity index (χ2n) is 4.71. The van der Waals surface area contributed by atoms with Crippen LogP contribution in [0.3, 0.4) is 0 Å². The van der Waals surface area contributed by atoms with Crippen LogP contribution >= 0.6 is 0 Å². The van der Waals surface area contributed by atoms with Crippen molar-refractivity contribution in [3.8, 4) is 6.07 Å². The van der Waals surface area contributed by atoms with E-state index in [0.29, 0.717) is 11.1 Å². The normalized spacial score (nSPS) is 10.4. The molecule has 0 unspecified atom stereocenters. The number of aryl methyl sites for hydroxylation is 1. The van der Waals surface area contributed by atoms with Crippen LogP contribution in [0.5, 0.6) is 0 Å². The molecule has 0 aliphatic rings. The SMILES string of the molecule is Cc1ccc(C(=O)n2cc(C#N)c3ccccc32)cc1. The van der Waals surface area contributed by atoms with Crippen LogP contribution < -0.4 is 0 Å². The Balaban J connectivity index is 2.17. The number of benzene rings is 2. The topological polar surface area (TPSA) is 45.8 Å². The number of rotatable bonds is 1. The van der Waals surface area contributed by atoms with E-state index in [-0.39, 0.29) is 5.91 Å². The van der Waals surface area contributed by atoms with Gasteiger partial charge in [-0.2, -0.15) is 5.26 Å². The van der Waals surface area contributed by atoms with Crippen molar-refractivity contribution in [2.45, 2.75) is 6.92 Å². The summed E-state index contributed by atoms with van der Waals surface area (Å²) in [5.74, 6) is -0.122. The molecule has 0 atom stereocenters.